The van der Waals surface area contributed by atoms with E-state index < -0.39 is 5.91 Å². The van der Waals surface area contributed by atoms with Crippen LogP contribution >= 0.6 is 0 Å². The van der Waals surface area contributed by atoms with Gasteiger partial charge in [0.25, 0.3) is 5.91 Å². The molecule has 8 heteroatoms. The lowest BCUT2D eigenvalue weighted by atomic mass is 10.0. The van der Waals surface area contributed by atoms with Gasteiger partial charge >= 0.3 is 0 Å². The molecule has 0 atom stereocenters. The maximum Gasteiger partial charge on any atom is 0.250 e. The van der Waals surface area contributed by atoms with E-state index in [1.807, 2.05) is 18.2 Å². The third-order valence-electron chi connectivity index (χ3n) is 4.12. The zero-order valence-corrected chi connectivity index (χ0v) is 13.8. The molecule has 4 aromatic rings. The molecule has 0 bridgehead atoms. The van der Waals surface area contributed by atoms with Gasteiger partial charge in [-0.25, -0.2) is 0 Å². The van der Waals surface area contributed by atoms with E-state index in [1.165, 1.54) is 0 Å². The van der Waals surface area contributed by atoms with Crippen LogP contribution < -0.4 is 5.73 Å². The number of aromatic amines is 1. The van der Waals surface area contributed by atoms with Gasteiger partial charge in [-0.2, -0.15) is 10.1 Å². The first-order valence-electron chi connectivity index (χ1n) is 8.15. The van der Waals surface area contributed by atoms with E-state index in [9.17, 15) is 4.79 Å². The van der Waals surface area contributed by atoms with E-state index in [4.69, 9.17) is 10.3 Å². The smallest absolute Gasteiger partial charge is 0.250 e. The van der Waals surface area contributed by atoms with Crippen LogP contribution in [0.2, 0.25) is 0 Å². The summed E-state index contributed by atoms with van der Waals surface area (Å²) in [5.74, 6) is 0.704. The lowest BCUT2D eigenvalue weighted by Crippen LogP contribution is -2.12. The number of carbonyl (C=O) groups is 1. The summed E-state index contributed by atoms with van der Waals surface area (Å²) in [5.41, 5.74) is 8.57. The number of primary amides is 1. The highest BCUT2D eigenvalue weighted by Crippen LogP contribution is 2.20. The molecule has 0 saturated heterocycles. The Kier molecular flexibility index (Phi) is 4.14. The average Bonchev–Trinajstić information content (AvgIpc) is 3.29. The maximum absolute atomic E-state index is 11.6. The number of carbonyl (C=O) groups excluding carboxylic acids is 1. The van der Waals surface area contributed by atoms with Crippen molar-refractivity contribution in [1.82, 2.24) is 25.3 Å². The van der Waals surface area contributed by atoms with E-state index in [1.54, 1.807) is 24.7 Å². The van der Waals surface area contributed by atoms with E-state index in [2.05, 4.69) is 25.3 Å². The van der Waals surface area contributed by atoms with Crippen molar-refractivity contribution >= 4 is 16.8 Å². The van der Waals surface area contributed by atoms with Gasteiger partial charge in [0.05, 0.1) is 17.3 Å². The Balaban J connectivity index is 1.48. The summed E-state index contributed by atoms with van der Waals surface area (Å²) >= 11 is 0. The number of nitrogens with zero attached hydrogens (tertiary/aromatic N) is 4. The molecule has 0 spiro atoms. The topological polar surface area (TPSA) is 124 Å². The number of pyridine rings is 1. The first-order chi connectivity index (χ1) is 12.7. The molecule has 1 amide bonds. The van der Waals surface area contributed by atoms with Gasteiger partial charge in [0, 0.05) is 30.6 Å². The predicted octanol–water partition coefficient (Wildman–Crippen LogP) is 1.82. The summed E-state index contributed by atoms with van der Waals surface area (Å²) < 4.78 is 5.32. The Morgan fingerprint density at radius 3 is 2.81 bits per heavy atom. The summed E-state index contributed by atoms with van der Waals surface area (Å²) in [6.07, 6.45) is 6.96. The molecule has 26 heavy (non-hydrogen) atoms. The van der Waals surface area contributed by atoms with E-state index in [0.29, 0.717) is 42.1 Å². The van der Waals surface area contributed by atoms with Crippen LogP contribution in [-0.4, -0.2) is 31.2 Å². The zero-order chi connectivity index (χ0) is 17.9. The van der Waals surface area contributed by atoms with Crippen LogP contribution in [0.15, 0.2) is 47.4 Å². The molecule has 3 aromatic heterocycles. The average molecular weight is 348 g/mol. The number of H-pyrrole nitrogens is 1. The van der Waals surface area contributed by atoms with Gasteiger partial charge in [-0.1, -0.05) is 5.16 Å². The summed E-state index contributed by atoms with van der Waals surface area (Å²) in [7, 11) is 0. The minimum absolute atomic E-state index is 0.430. The van der Waals surface area contributed by atoms with Crippen molar-refractivity contribution in [3.8, 4) is 0 Å². The number of fused-ring (bicyclic) bond motifs is 1. The molecular weight excluding hydrogens is 332 g/mol. The Bertz CT molecular complexity index is 1050. The summed E-state index contributed by atoms with van der Waals surface area (Å²) in [6, 6.07) is 7.58. The van der Waals surface area contributed by atoms with Gasteiger partial charge in [-0.15, -0.1) is 0 Å². The molecule has 0 unspecified atom stereocenters. The molecule has 3 heterocycles. The van der Waals surface area contributed by atoms with Crippen molar-refractivity contribution in [2.75, 3.05) is 0 Å². The van der Waals surface area contributed by atoms with Crippen LogP contribution in [0.5, 0.6) is 0 Å². The van der Waals surface area contributed by atoms with Crippen molar-refractivity contribution in [2.45, 2.75) is 19.3 Å². The maximum atomic E-state index is 11.6. The van der Waals surface area contributed by atoms with Crippen LogP contribution in [0.4, 0.5) is 0 Å². The van der Waals surface area contributed by atoms with E-state index in [-0.39, 0.29) is 0 Å². The number of nitrogens with two attached hydrogens (primary N) is 1. The van der Waals surface area contributed by atoms with Gasteiger partial charge in [-0.3, -0.25) is 14.9 Å². The number of aromatic nitrogens is 5. The van der Waals surface area contributed by atoms with Crippen molar-refractivity contribution in [3.05, 3.63) is 71.3 Å². The van der Waals surface area contributed by atoms with Gasteiger partial charge in [0.2, 0.25) is 5.89 Å². The normalized spacial score (nSPS) is 11.1. The number of hydrogen-bond acceptors (Lipinski definition) is 6. The van der Waals surface area contributed by atoms with E-state index in [0.717, 1.165) is 16.5 Å². The Labute approximate surface area is 148 Å². The number of benzene rings is 1. The third kappa shape index (κ3) is 3.30. The first-order valence-corrected chi connectivity index (χ1v) is 8.15. The first kappa shape index (κ1) is 15.9. The Morgan fingerprint density at radius 1 is 1.15 bits per heavy atom. The minimum Gasteiger partial charge on any atom is -0.366 e. The molecule has 0 aliphatic heterocycles. The Morgan fingerprint density at radius 2 is 2.00 bits per heavy atom. The van der Waals surface area contributed by atoms with Crippen LogP contribution in [0.1, 0.15) is 33.2 Å². The summed E-state index contributed by atoms with van der Waals surface area (Å²) in [4.78, 5) is 20.1. The highest BCUT2D eigenvalue weighted by atomic mass is 16.5. The quantitative estimate of drug-likeness (QED) is 0.548. The SMILES string of the molecule is NC(=O)c1cc(CCc2nc(Cc3ccncc3)no2)cc2cn[nH]c12. The molecule has 1 aromatic carbocycles. The predicted molar refractivity (Wildman–Crippen MR) is 93.4 cm³/mol. The Hall–Kier alpha value is -3.55. The third-order valence-corrected chi connectivity index (χ3v) is 4.12. The largest absolute Gasteiger partial charge is 0.366 e. The molecule has 0 radical (unpaired) electrons. The fourth-order valence-corrected chi connectivity index (χ4v) is 2.86. The van der Waals surface area contributed by atoms with Gasteiger partial charge < -0.3 is 10.3 Å². The lowest BCUT2D eigenvalue weighted by molar-refractivity contribution is 0.100. The second-order valence-electron chi connectivity index (χ2n) is 5.98. The van der Waals surface area contributed by atoms with Crippen molar-refractivity contribution in [2.24, 2.45) is 5.73 Å². The number of rotatable bonds is 6. The highest BCUT2D eigenvalue weighted by molar-refractivity contribution is 6.04. The molecule has 3 N–H and O–H groups in total. The molecule has 8 nitrogen and oxygen atoms in total. The number of aryl methyl sites for hydroxylation is 2. The molecule has 0 fully saturated rings. The van der Waals surface area contributed by atoms with Crippen molar-refractivity contribution in [1.29, 1.82) is 0 Å². The molecule has 130 valence electrons. The fourth-order valence-electron chi connectivity index (χ4n) is 2.86. The highest BCUT2D eigenvalue weighted by Gasteiger charge is 2.12. The van der Waals surface area contributed by atoms with Crippen molar-refractivity contribution in [3.63, 3.8) is 0 Å². The van der Waals surface area contributed by atoms with Crippen LogP contribution in [0, 0.1) is 0 Å². The molecule has 0 aliphatic carbocycles. The second kappa shape index (κ2) is 6.75. The molecular formula is C18H16N6O2. The van der Waals surface area contributed by atoms with Crippen LogP contribution in [-0.2, 0) is 19.3 Å². The fraction of sp³-hybridized carbons (Fsp3) is 0.167. The van der Waals surface area contributed by atoms with Crippen molar-refractivity contribution < 1.29 is 9.32 Å². The summed E-state index contributed by atoms with van der Waals surface area (Å²) in [5, 5.41) is 11.6. The van der Waals surface area contributed by atoms with E-state index >= 15 is 0 Å². The zero-order valence-electron chi connectivity index (χ0n) is 13.8. The number of amides is 1. The number of nitrogens with one attached hydrogen (secondary N) is 1. The molecule has 0 aliphatic rings. The monoisotopic (exact) mass is 348 g/mol. The van der Waals surface area contributed by atoms with Gasteiger partial charge in [0.15, 0.2) is 5.82 Å². The number of hydrogen-bond donors (Lipinski definition) is 2. The molecule has 0 saturated carbocycles. The van der Waals surface area contributed by atoms with Gasteiger partial charge in [-0.05, 0) is 41.8 Å². The van der Waals surface area contributed by atoms with Crippen LogP contribution in [0.3, 0.4) is 0 Å². The van der Waals surface area contributed by atoms with Gasteiger partial charge in [0.1, 0.15) is 0 Å². The lowest BCUT2D eigenvalue weighted by Gasteiger charge is -2.03. The standard InChI is InChI=1S/C18H16N6O2/c19-18(25)14-8-12(7-13-10-21-23-17(13)14)1-2-16-22-15(24-26-16)9-11-3-5-20-6-4-11/h3-8,10H,1-2,9H2,(H2,19,25)(H,21,23). The second-order valence-corrected chi connectivity index (χ2v) is 5.98. The summed E-state index contributed by atoms with van der Waals surface area (Å²) in [6.45, 7) is 0. The minimum atomic E-state index is -0.487. The van der Waals surface area contributed by atoms with Crippen LogP contribution in [0.25, 0.3) is 10.9 Å². The molecule has 4 rings (SSSR count).